The van der Waals surface area contributed by atoms with Gasteiger partial charge in [-0.3, -0.25) is 0 Å². The molecule has 1 atom stereocenters. The summed E-state index contributed by atoms with van der Waals surface area (Å²) in [5, 5.41) is 10.4. The van der Waals surface area contributed by atoms with Crippen LogP contribution in [0.25, 0.3) is 0 Å². The quantitative estimate of drug-likeness (QED) is 0.782. The molecule has 15 heavy (non-hydrogen) atoms. The van der Waals surface area contributed by atoms with Gasteiger partial charge in [0.2, 0.25) is 0 Å². The number of hydrogen-bond acceptors (Lipinski definition) is 1. The normalized spacial score (nSPS) is 15.3. The van der Waals surface area contributed by atoms with Crippen LogP contribution in [0.15, 0.2) is 30.3 Å². The third-order valence-corrected chi connectivity index (χ3v) is 3.27. The Labute approximate surface area is 93.1 Å². The first-order chi connectivity index (χ1) is 7.10. The highest BCUT2D eigenvalue weighted by Gasteiger charge is 2.29. The summed E-state index contributed by atoms with van der Waals surface area (Å²) < 4.78 is 0. The lowest BCUT2D eigenvalue weighted by Gasteiger charge is -2.31. The second-order valence-electron chi connectivity index (χ2n) is 4.53. The van der Waals surface area contributed by atoms with Gasteiger partial charge in [0.15, 0.2) is 0 Å². The summed E-state index contributed by atoms with van der Waals surface area (Å²) in [7, 11) is 0. The van der Waals surface area contributed by atoms with E-state index in [0.29, 0.717) is 5.92 Å². The lowest BCUT2D eigenvalue weighted by molar-refractivity contribution is -0.00410. The highest BCUT2D eigenvalue weighted by atomic mass is 16.3. The Balaban J connectivity index is 2.71. The fourth-order valence-corrected chi connectivity index (χ4v) is 2.32. The van der Waals surface area contributed by atoms with Crippen LogP contribution in [0.5, 0.6) is 0 Å². The molecule has 1 N–H and O–H groups in total. The molecule has 1 aromatic carbocycles. The SMILES string of the molecule is CCC(CC)C(C)(O)Cc1ccccc1. The molecule has 1 nitrogen and oxygen atoms in total. The highest BCUT2D eigenvalue weighted by molar-refractivity contribution is 5.17. The molecule has 0 bridgehead atoms. The Morgan fingerprint density at radius 2 is 1.67 bits per heavy atom. The van der Waals surface area contributed by atoms with Crippen molar-refractivity contribution in [2.24, 2.45) is 5.92 Å². The highest BCUT2D eigenvalue weighted by Crippen LogP contribution is 2.27. The lowest BCUT2D eigenvalue weighted by atomic mass is 9.80. The molecule has 84 valence electrons. The molecule has 1 heteroatoms. The number of benzene rings is 1. The molecule has 0 radical (unpaired) electrons. The minimum Gasteiger partial charge on any atom is -0.390 e. The Morgan fingerprint density at radius 1 is 1.13 bits per heavy atom. The van der Waals surface area contributed by atoms with Crippen molar-refractivity contribution in [2.45, 2.75) is 45.6 Å². The van der Waals surface area contributed by atoms with Crippen molar-refractivity contribution in [1.29, 1.82) is 0 Å². The van der Waals surface area contributed by atoms with E-state index in [1.54, 1.807) is 0 Å². The molecule has 0 aliphatic rings. The Hall–Kier alpha value is -0.820. The van der Waals surface area contributed by atoms with Gasteiger partial charge in [0.05, 0.1) is 5.60 Å². The van der Waals surface area contributed by atoms with Gasteiger partial charge < -0.3 is 5.11 Å². The molecular weight excluding hydrogens is 184 g/mol. The maximum absolute atomic E-state index is 10.4. The summed E-state index contributed by atoms with van der Waals surface area (Å²) in [5.74, 6) is 0.387. The minimum atomic E-state index is -0.579. The van der Waals surface area contributed by atoms with Crippen molar-refractivity contribution >= 4 is 0 Å². The predicted octanol–water partition coefficient (Wildman–Crippen LogP) is 3.42. The molecule has 0 spiro atoms. The maximum atomic E-state index is 10.4. The Kier molecular flexibility index (Phi) is 4.34. The second kappa shape index (κ2) is 5.32. The number of hydrogen-bond donors (Lipinski definition) is 1. The minimum absolute atomic E-state index is 0.387. The fourth-order valence-electron chi connectivity index (χ4n) is 2.32. The van der Waals surface area contributed by atoms with Gasteiger partial charge in [-0.25, -0.2) is 0 Å². The van der Waals surface area contributed by atoms with E-state index in [0.717, 1.165) is 19.3 Å². The first-order valence-electron chi connectivity index (χ1n) is 5.86. The van der Waals surface area contributed by atoms with Gasteiger partial charge >= 0.3 is 0 Å². The molecular formula is C14H22O. The average Bonchev–Trinajstić information content (AvgIpc) is 2.19. The predicted molar refractivity (Wildman–Crippen MR) is 64.8 cm³/mol. The molecule has 1 rings (SSSR count). The van der Waals surface area contributed by atoms with Crippen molar-refractivity contribution in [3.8, 4) is 0 Å². The van der Waals surface area contributed by atoms with Crippen LogP contribution in [0, 0.1) is 5.92 Å². The van der Waals surface area contributed by atoms with Crippen molar-refractivity contribution in [3.05, 3.63) is 35.9 Å². The van der Waals surface area contributed by atoms with E-state index in [-0.39, 0.29) is 0 Å². The van der Waals surface area contributed by atoms with Crippen molar-refractivity contribution in [3.63, 3.8) is 0 Å². The van der Waals surface area contributed by atoms with Gasteiger partial charge in [0.25, 0.3) is 0 Å². The lowest BCUT2D eigenvalue weighted by Crippen LogP contribution is -2.36. The van der Waals surface area contributed by atoms with E-state index in [1.807, 2.05) is 25.1 Å². The number of rotatable bonds is 5. The summed E-state index contributed by atoms with van der Waals surface area (Å²) in [6.45, 7) is 6.25. The van der Waals surface area contributed by atoms with Gasteiger partial charge in [-0.15, -0.1) is 0 Å². The molecule has 0 aromatic heterocycles. The third-order valence-electron chi connectivity index (χ3n) is 3.27. The first kappa shape index (κ1) is 12.3. The van der Waals surface area contributed by atoms with E-state index < -0.39 is 5.60 Å². The zero-order valence-corrected chi connectivity index (χ0v) is 10.0. The molecule has 0 saturated heterocycles. The van der Waals surface area contributed by atoms with Crippen LogP contribution in [-0.4, -0.2) is 10.7 Å². The van der Waals surface area contributed by atoms with Gasteiger partial charge in [0.1, 0.15) is 0 Å². The summed E-state index contributed by atoms with van der Waals surface area (Å²) in [4.78, 5) is 0. The van der Waals surface area contributed by atoms with Crippen LogP contribution in [0.2, 0.25) is 0 Å². The average molecular weight is 206 g/mol. The van der Waals surface area contributed by atoms with Crippen molar-refractivity contribution in [2.75, 3.05) is 0 Å². The van der Waals surface area contributed by atoms with E-state index in [4.69, 9.17) is 0 Å². The summed E-state index contributed by atoms with van der Waals surface area (Å²) in [6, 6.07) is 10.2. The molecule has 1 unspecified atom stereocenters. The molecule has 0 amide bonds. The maximum Gasteiger partial charge on any atom is 0.0687 e. The standard InChI is InChI=1S/C14H22O/c1-4-13(5-2)14(3,15)11-12-9-7-6-8-10-12/h6-10,13,15H,4-5,11H2,1-3H3. The van der Waals surface area contributed by atoms with E-state index in [9.17, 15) is 5.11 Å². The zero-order valence-electron chi connectivity index (χ0n) is 10.0. The van der Waals surface area contributed by atoms with Gasteiger partial charge in [-0.2, -0.15) is 0 Å². The largest absolute Gasteiger partial charge is 0.390 e. The zero-order chi connectivity index (χ0) is 11.3. The summed E-state index contributed by atoms with van der Waals surface area (Å²) in [6.07, 6.45) is 2.83. The van der Waals surface area contributed by atoms with Crippen LogP contribution in [0.1, 0.15) is 39.2 Å². The molecule has 1 aromatic rings. The second-order valence-corrected chi connectivity index (χ2v) is 4.53. The third kappa shape index (κ3) is 3.35. The van der Waals surface area contributed by atoms with E-state index in [1.165, 1.54) is 5.56 Å². The monoisotopic (exact) mass is 206 g/mol. The van der Waals surface area contributed by atoms with Crippen LogP contribution < -0.4 is 0 Å². The molecule has 0 aliphatic heterocycles. The smallest absolute Gasteiger partial charge is 0.0687 e. The number of aliphatic hydroxyl groups is 1. The fraction of sp³-hybridized carbons (Fsp3) is 0.571. The van der Waals surface area contributed by atoms with Crippen LogP contribution in [0.3, 0.4) is 0 Å². The van der Waals surface area contributed by atoms with Gasteiger partial charge in [-0.05, 0) is 18.4 Å². The Morgan fingerprint density at radius 3 is 2.13 bits per heavy atom. The van der Waals surface area contributed by atoms with Crippen LogP contribution in [-0.2, 0) is 6.42 Å². The molecule has 0 aliphatic carbocycles. The van der Waals surface area contributed by atoms with Crippen LogP contribution >= 0.6 is 0 Å². The molecule has 0 heterocycles. The Bertz CT molecular complexity index is 273. The van der Waals surface area contributed by atoms with Crippen LogP contribution in [0.4, 0.5) is 0 Å². The van der Waals surface area contributed by atoms with Crippen molar-refractivity contribution < 1.29 is 5.11 Å². The van der Waals surface area contributed by atoms with Crippen molar-refractivity contribution in [1.82, 2.24) is 0 Å². The first-order valence-corrected chi connectivity index (χ1v) is 5.86. The summed E-state index contributed by atoms with van der Waals surface area (Å²) in [5.41, 5.74) is 0.639. The molecule has 0 fully saturated rings. The van der Waals surface area contributed by atoms with E-state index >= 15 is 0 Å². The topological polar surface area (TPSA) is 20.2 Å². The van der Waals surface area contributed by atoms with Gasteiger partial charge in [0, 0.05) is 6.42 Å². The van der Waals surface area contributed by atoms with Gasteiger partial charge in [-0.1, -0.05) is 57.0 Å². The molecule has 0 saturated carbocycles. The van der Waals surface area contributed by atoms with E-state index in [2.05, 4.69) is 26.0 Å². The summed E-state index contributed by atoms with van der Waals surface area (Å²) >= 11 is 0.